The lowest BCUT2D eigenvalue weighted by atomic mass is 9.55. The van der Waals surface area contributed by atoms with Crippen LogP contribution in [0.4, 0.5) is 0 Å². The average molecular weight is 935 g/mol. The number of hydrogen-bond donors (Lipinski definition) is 2. The third-order valence-electron chi connectivity index (χ3n) is 14.6. The number of oxime groups is 1. The second-order valence-corrected chi connectivity index (χ2v) is 19.3. The Kier molecular flexibility index (Phi) is 18.9. The minimum absolute atomic E-state index is 0.0284. The van der Waals surface area contributed by atoms with Gasteiger partial charge in [-0.15, -0.1) is 6.58 Å². The van der Waals surface area contributed by atoms with E-state index in [1.807, 2.05) is 48.2 Å². The zero-order chi connectivity index (χ0) is 47.9. The first-order valence-electron chi connectivity index (χ1n) is 25.9. The van der Waals surface area contributed by atoms with Gasteiger partial charge in [0, 0.05) is 44.1 Å². The molecule has 11 nitrogen and oxygen atoms in total. The van der Waals surface area contributed by atoms with E-state index in [4.69, 9.17) is 33.7 Å². The first kappa shape index (κ1) is 51.0. The summed E-state index contributed by atoms with van der Waals surface area (Å²) in [6.07, 6.45) is 20.0. The van der Waals surface area contributed by atoms with Gasteiger partial charge in [-0.2, -0.15) is 0 Å². The molecule has 0 saturated heterocycles. The van der Waals surface area contributed by atoms with Gasteiger partial charge in [0.2, 0.25) is 18.5 Å². The highest BCUT2D eigenvalue weighted by molar-refractivity contribution is 6.03. The molecular weight excluding hydrogens is 857 g/mol. The number of nitrogens with zero attached hydrogens (tertiary/aromatic N) is 2. The molecule has 1 saturated carbocycles. The summed E-state index contributed by atoms with van der Waals surface area (Å²) in [5.41, 5.74) is 6.07. The number of unbranched alkanes of at least 4 members (excludes halogenated alkanes) is 10. The summed E-state index contributed by atoms with van der Waals surface area (Å²) in [4.78, 5) is 23.3. The van der Waals surface area contributed by atoms with Crippen molar-refractivity contribution in [1.82, 2.24) is 4.90 Å². The largest absolute Gasteiger partial charge is 0.459 e. The summed E-state index contributed by atoms with van der Waals surface area (Å²) in [6, 6.07) is 17.6. The van der Waals surface area contributed by atoms with E-state index in [2.05, 4.69) is 51.6 Å². The van der Waals surface area contributed by atoms with Crippen molar-refractivity contribution >= 4 is 11.6 Å². The minimum Gasteiger partial charge on any atom is -0.459 e. The Hall–Kier alpha value is -4.84. The van der Waals surface area contributed by atoms with Crippen molar-refractivity contribution in [3.05, 3.63) is 101 Å². The highest BCUT2D eigenvalue weighted by Gasteiger charge is 2.65. The Morgan fingerprint density at radius 3 is 2.26 bits per heavy atom. The number of carbonyl (C=O) groups excluding carboxylic acids is 1. The Bertz CT molecular complexity index is 2190. The van der Waals surface area contributed by atoms with E-state index >= 15 is 4.79 Å². The van der Waals surface area contributed by atoms with Gasteiger partial charge in [-0.1, -0.05) is 101 Å². The Morgan fingerprint density at radius 1 is 0.824 bits per heavy atom. The third kappa shape index (κ3) is 12.1. The number of amides is 1. The van der Waals surface area contributed by atoms with Crippen molar-refractivity contribution in [2.24, 2.45) is 22.9 Å². The SMILES string of the molecule is C=CCO[C@@]12Oc3ccc(Oc4ccc(C)c(C)c4)cc3[C@H]3[C@H](CCCCO)[C@@H](CCCCO)C=C(C(=NOCC)C[C@@H]1N(Cc1ccc4c(c1)OCO4)C(=O)CCCCCCCCCCC)[C@H]32. The van der Waals surface area contributed by atoms with Crippen LogP contribution >= 0.6 is 0 Å². The molecule has 1 fully saturated rings. The zero-order valence-corrected chi connectivity index (χ0v) is 41.4. The van der Waals surface area contributed by atoms with Gasteiger partial charge in [0.15, 0.2) is 11.5 Å². The lowest BCUT2D eigenvalue weighted by Crippen LogP contribution is -2.70. The second kappa shape index (κ2) is 25.1. The van der Waals surface area contributed by atoms with Gasteiger partial charge in [0.25, 0.3) is 0 Å². The highest BCUT2D eigenvalue weighted by Crippen LogP contribution is 2.62. The molecule has 0 aromatic heterocycles. The Labute approximate surface area is 405 Å². The number of carbonyl (C=O) groups is 1. The van der Waals surface area contributed by atoms with E-state index in [-0.39, 0.29) is 56.8 Å². The number of benzene rings is 3. The average Bonchev–Trinajstić information content (AvgIpc) is 3.82. The van der Waals surface area contributed by atoms with Crippen molar-refractivity contribution in [3.63, 3.8) is 0 Å². The number of rotatable bonds is 28. The van der Waals surface area contributed by atoms with Gasteiger partial charge in [-0.25, -0.2) is 0 Å². The van der Waals surface area contributed by atoms with Gasteiger partial charge in [-0.3, -0.25) is 4.79 Å². The minimum atomic E-state index is -1.37. The summed E-state index contributed by atoms with van der Waals surface area (Å²) < 4.78 is 33.0. The molecule has 6 atom stereocenters. The maximum Gasteiger partial charge on any atom is 0.239 e. The van der Waals surface area contributed by atoms with Crippen molar-refractivity contribution < 1.29 is 43.5 Å². The second-order valence-electron chi connectivity index (χ2n) is 19.3. The normalized spacial score (nSPS) is 22.8. The molecule has 68 heavy (non-hydrogen) atoms. The van der Waals surface area contributed by atoms with Crippen LogP contribution in [-0.4, -0.2) is 71.8 Å². The van der Waals surface area contributed by atoms with Gasteiger partial charge >= 0.3 is 0 Å². The van der Waals surface area contributed by atoms with E-state index < -0.39 is 17.7 Å². The number of allylic oxidation sites excluding steroid dienone is 1. The van der Waals surface area contributed by atoms with Crippen LogP contribution in [0, 0.1) is 31.6 Å². The van der Waals surface area contributed by atoms with Crippen LogP contribution in [0.2, 0.25) is 0 Å². The van der Waals surface area contributed by atoms with Gasteiger partial charge < -0.3 is 43.6 Å². The molecule has 2 aliphatic heterocycles. The van der Waals surface area contributed by atoms with E-state index in [9.17, 15) is 10.2 Å². The summed E-state index contributed by atoms with van der Waals surface area (Å²) in [7, 11) is 0. The summed E-state index contributed by atoms with van der Waals surface area (Å²) in [5, 5.41) is 25.0. The fraction of sp³-hybridized carbons (Fsp3) is 0.579. The van der Waals surface area contributed by atoms with Crippen molar-refractivity contribution in [1.29, 1.82) is 0 Å². The van der Waals surface area contributed by atoms with Crippen LogP contribution in [0.3, 0.4) is 0 Å². The topological polar surface area (TPSA) is 129 Å². The molecule has 2 N–H and O–H groups in total. The fourth-order valence-corrected chi connectivity index (χ4v) is 11.1. The molecule has 11 heteroatoms. The fourth-order valence-electron chi connectivity index (χ4n) is 11.1. The predicted molar refractivity (Wildman–Crippen MR) is 268 cm³/mol. The summed E-state index contributed by atoms with van der Waals surface area (Å²) >= 11 is 0. The Balaban J connectivity index is 1.36. The Morgan fingerprint density at radius 2 is 1.53 bits per heavy atom. The van der Waals surface area contributed by atoms with Crippen molar-refractivity contribution in [2.75, 3.05) is 33.2 Å². The first-order chi connectivity index (χ1) is 33.2. The highest BCUT2D eigenvalue weighted by atomic mass is 16.7. The monoisotopic (exact) mass is 935 g/mol. The third-order valence-corrected chi connectivity index (χ3v) is 14.6. The van der Waals surface area contributed by atoms with Crippen LogP contribution in [0.25, 0.3) is 0 Å². The molecule has 370 valence electrons. The zero-order valence-electron chi connectivity index (χ0n) is 41.4. The number of ether oxygens (including phenoxy) is 5. The molecule has 3 aromatic rings. The number of aryl methyl sites for hydroxylation is 2. The molecule has 7 rings (SSSR count). The molecule has 0 bridgehead atoms. The molecule has 1 amide bonds. The maximum atomic E-state index is 15.3. The van der Waals surface area contributed by atoms with Crippen LogP contribution < -0.4 is 18.9 Å². The molecule has 3 aromatic carbocycles. The molecule has 4 aliphatic rings. The molecule has 2 heterocycles. The van der Waals surface area contributed by atoms with E-state index in [0.29, 0.717) is 55.3 Å². The smallest absolute Gasteiger partial charge is 0.239 e. The summed E-state index contributed by atoms with van der Waals surface area (Å²) in [6.45, 7) is 13.7. The molecular formula is C57H78N2O9. The number of aliphatic hydroxyl groups excluding tert-OH is 2. The van der Waals surface area contributed by atoms with Crippen molar-refractivity contribution in [2.45, 2.75) is 161 Å². The van der Waals surface area contributed by atoms with Crippen LogP contribution in [-0.2, 0) is 20.9 Å². The van der Waals surface area contributed by atoms with Crippen LogP contribution in [0.5, 0.6) is 28.7 Å². The van der Waals surface area contributed by atoms with Crippen molar-refractivity contribution in [3.8, 4) is 28.7 Å². The number of hydrogen-bond acceptors (Lipinski definition) is 10. The summed E-state index contributed by atoms with van der Waals surface area (Å²) in [5.74, 6) is 1.77. The van der Waals surface area contributed by atoms with Gasteiger partial charge in [0.05, 0.1) is 18.2 Å². The van der Waals surface area contributed by atoms with E-state index in [0.717, 1.165) is 78.7 Å². The molecule has 0 unspecified atom stereocenters. The predicted octanol–water partition coefficient (Wildman–Crippen LogP) is 12.4. The van der Waals surface area contributed by atoms with E-state index in [1.165, 1.54) is 44.1 Å². The maximum absolute atomic E-state index is 15.3. The van der Waals surface area contributed by atoms with Crippen LogP contribution in [0.15, 0.2) is 84.1 Å². The molecule has 0 radical (unpaired) electrons. The lowest BCUT2D eigenvalue weighted by molar-refractivity contribution is -0.258. The van der Waals surface area contributed by atoms with Gasteiger partial charge in [-0.05, 0) is 129 Å². The number of aliphatic hydroxyl groups is 2. The van der Waals surface area contributed by atoms with Crippen LogP contribution in [0.1, 0.15) is 151 Å². The quantitative estimate of drug-likeness (QED) is 0.0415. The molecule has 2 aliphatic carbocycles. The first-order valence-corrected chi connectivity index (χ1v) is 25.9. The van der Waals surface area contributed by atoms with Gasteiger partial charge in [0.1, 0.15) is 29.9 Å². The van der Waals surface area contributed by atoms with E-state index in [1.54, 1.807) is 6.08 Å². The molecule has 0 spiro atoms. The standard InChI is InChI=1S/C57H78N2O9/c1-6-9-10-11-12-13-14-15-16-23-54(62)59(38-42-25-28-51-52(34-42)64-39-63-51)53-37-49(58-66-8-3)47-35-43(21-17-19-30-60)46(22-18-20-31-61)55-48-36-45(67-44-26-24-40(4)41(5)33-44)27-29-50(48)68-57(53,56(47)55)65-32-7-2/h7,24-29,33-36,43,46,53,55-56,60-61H,2,6,8-23,30-32,37-39H2,1,3-5H3/t43-,46+,53-,55+,56+,57+/m0/s1. The number of fused-ring (bicyclic) bond motifs is 3. The lowest BCUT2D eigenvalue weighted by Gasteiger charge is -2.60.